The van der Waals surface area contributed by atoms with Crippen LogP contribution in [0.3, 0.4) is 0 Å². The lowest BCUT2D eigenvalue weighted by molar-refractivity contribution is -0.133. The third kappa shape index (κ3) is 4.75. The fourth-order valence-electron chi connectivity index (χ4n) is 4.42. The third-order valence-electron chi connectivity index (χ3n) is 6.36. The van der Waals surface area contributed by atoms with Gasteiger partial charge in [0.05, 0.1) is 5.69 Å². The van der Waals surface area contributed by atoms with E-state index in [1.807, 2.05) is 16.7 Å². The Morgan fingerprint density at radius 1 is 0.967 bits per heavy atom. The largest absolute Gasteiger partial charge is 0.343 e. The van der Waals surface area contributed by atoms with Gasteiger partial charge in [-0.2, -0.15) is 0 Å². The minimum absolute atomic E-state index is 0.0872. The predicted molar refractivity (Wildman–Crippen MR) is 121 cm³/mol. The number of benzene rings is 1. The van der Waals surface area contributed by atoms with Gasteiger partial charge in [0.15, 0.2) is 0 Å². The summed E-state index contributed by atoms with van der Waals surface area (Å²) in [5.41, 5.74) is 3.08. The fourth-order valence-corrected chi connectivity index (χ4v) is 5.46. The van der Waals surface area contributed by atoms with Gasteiger partial charge in [0.2, 0.25) is 5.91 Å². The highest BCUT2D eigenvalue weighted by Gasteiger charge is 2.29. The highest BCUT2D eigenvalue weighted by Crippen LogP contribution is 2.30. The van der Waals surface area contributed by atoms with Crippen LogP contribution in [-0.2, 0) is 4.79 Å². The van der Waals surface area contributed by atoms with E-state index < -0.39 is 0 Å². The summed E-state index contributed by atoms with van der Waals surface area (Å²) >= 11 is 1.49. The monoisotopic (exact) mass is 425 g/mol. The number of likely N-dealkylation sites (tertiary alicyclic amines) is 2. The number of piperidine rings is 2. The topological polar surface area (TPSA) is 53.5 Å². The normalized spacial score (nSPS) is 17.9. The summed E-state index contributed by atoms with van der Waals surface area (Å²) in [4.78, 5) is 35.0. The zero-order chi connectivity index (χ0) is 21.1. The smallest absolute Gasteiger partial charge is 0.265 e. The number of aryl methyl sites for hydroxylation is 2. The van der Waals surface area contributed by atoms with Gasteiger partial charge in [0, 0.05) is 38.2 Å². The number of carbonyl (C=O) groups is 2. The molecule has 0 spiro atoms. The average molecular weight is 426 g/mol. The lowest BCUT2D eigenvalue weighted by Crippen LogP contribution is -2.41. The number of amides is 2. The molecule has 0 atom stereocenters. The quantitative estimate of drug-likeness (QED) is 0.715. The van der Waals surface area contributed by atoms with Crippen molar-refractivity contribution in [1.29, 1.82) is 0 Å². The zero-order valence-electron chi connectivity index (χ0n) is 18.0. The Morgan fingerprint density at radius 2 is 1.63 bits per heavy atom. The first-order valence-electron chi connectivity index (χ1n) is 11.1. The number of hydrogen-bond donors (Lipinski definition) is 0. The maximum absolute atomic E-state index is 13.1. The van der Waals surface area contributed by atoms with Crippen molar-refractivity contribution in [3.8, 4) is 10.6 Å². The molecule has 2 aliphatic rings. The first kappa shape index (κ1) is 21.0. The van der Waals surface area contributed by atoms with E-state index in [2.05, 4.69) is 36.2 Å². The summed E-state index contributed by atoms with van der Waals surface area (Å²) in [6.07, 6.45) is 5.98. The van der Waals surface area contributed by atoms with Crippen LogP contribution in [-0.4, -0.2) is 52.8 Å². The van der Waals surface area contributed by atoms with Gasteiger partial charge < -0.3 is 9.80 Å². The SMILES string of the molecule is Cc1ccc(-c2nc(C)c(C(=O)N3CCC(CC(=O)N4CCCCC4)CC3)s2)cc1. The van der Waals surface area contributed by atoms with E-state index in [0.717, 1.165) is 73.0 Å². The van der Waals surface area contributed by atoms with Crippen molar-refractivity contribution >= 4 is 23.2 Å². The van der Waals surface area contributed by atoms with Crippen LogP contribution in [0.2, 0.25) is 0 Å². The van der Waals surface area contributed by atoms with E-state index >= 15 is 0 Å². The van der Waals surface area contributed by atoms with Gasteiger partial charge in [-0.15, -0.1) is 11.3 Å². The molecule has 30 heavy (non-hydrogen) atoms. The first-order valence-corrected chi connectivity index (χ1v) is 11.9. The molecule has 160 valence electrons. The third-order valence-corrected chi connectivity index (χ3v) is 7.56. The summed E-state index contributed by atoms with van der Waals surface area (Å²) in [6, 6.07) is 8.27. The van der Waals surface area contributed by atoms with Gasteiger partial charge in [0.25, 0.3) is 5.91 Å². The van der Waals surface area contributed by atoms with Gasteiger partial charge in [-0.1, -0.05) is 29.8 Å². The standard InChI is InChI=1S/C24H31N3O2S/c1-17-6-8-20(9-7-17)23-25-18(2)22(30-23)24(29)27-14-10-19(11-15-27)16-21(28)26-12-4-3-5-13-26/h6-9,19H,3-5,10-16H2,1-2H3. The van der Waals surface area contributed by atoms with Gasteiger partial charge in [-0.05, 0) is 51.9 Å². The second kappa shape index (κ2) is 9.29. The Labute approximate surface area is 183 Å². The maximum Gasteiger partial charge on any atom is 0.265 e. The van der Waals surface area contributed by atoms with Crippen LogP contribution < -0.4 is 0 Å². The van der Waals surface area contributed by atoms with E-state index in [1.54, 1.807) is 0 Å². The van der Waals surface area contributed by atoms with Gasteiger partial charge in [0.1, 0.15) is 9.88 Å². The molecule has 1 aromatic carbocycles. The number of rotatable bonds is 4. The summed E-state index contributed by atoms with van der Waals surface area (Å²) < 4.78 is 0. The number of thiazole rings is 1. The summed E-state index contributed by atoms with van der Waals surface area (Å²) in [6.45, 7) is 7.29. The Bertz CT molecular complexity index is 892. The molecule has 0 saturated carbocycles. The fraction of sp³-hybridized carbons (Fsp3) is 0.542. The first-order chi connectivity index (χ1) is 14.5. The minimum atomic E-state index is 0.0872. The lowest BCUT2D eigenvalue weighted by Gasteiger charge is -2.33. The van der Waals surface area contributed by atoms with E-state index in [1.165, 1.54) is 23.3 Å². The minimum Gasteiger partial charge on any atom is -0.343 e. The molecule has 4 rings (SSSR count). The molecular weight excluding hydrogens is 394 g/mol. The molecule has 0 radical (unpaired) electrons. The highest BCUT2D eigenvalue weighted by atomic mass is 32.1. The molecular formula is C24H31N3O2S. The Hall–Kier alpha value is -2.21. The van der Waals surface area contributed by atoms with Crippen molar-refractivity contribution in [3.05, 3.63) is 40.4 Å². The molecule has 3 heterocycles. The number of aromatic nitrogens is 1. The molecule has 2 saturated heterocycles. The van der Waals surface area contributed by atoms with E-state index in [9.17, 15) is 9.59 Å². The number of carbonyl (C=O) groups excluding carboxylic acids is 2. The van der Waals surface area contributed by atoms with Crippen LogP contribution in [0.5, 0.6) is 0 Å². The molecule has 2 aromatic rings. The lowest BCUT2D eigenvalue weighted by atomic mass is 9.92. The van der Waals surface area contributed by atoms with Crippen molar-refractivity contribution in [2.24, 2.45) is 5.92 Å². The van der Waals surface area contributed by atoms with Crippen molar-refractivity contribution in [1.82, 2.24) is 14.8 Å². The van der Waals surface area contributed by atoms with Crippen molar-refractivity contribution in [3.63, 3.8) is 0 Å². The zero-order valence-corrected chi connectivity index (χ0v) is 18.8. The van der Waals surface area contributed by atoms with E-state index in [0.29, 0.717) is 18.2 Å². The second-order valence-electron chi connectivity index (χ2n) is 8.68. The summed E-state index contributed by atoms with van der Waals surface area (Å²) in [7, 11) is 0. The van der Waals surface area contributed by atoms with Crippen molar-refractivity contribution < 1.29 is 9.59 Å². The van der Waals surface area contributed by atoms with Crippen LogP contribution in [0.15, 0.2) is 24.3 Å². The van der Waals surface area contributed by atoms with Gasteiger partial charge in [-0.25, -0.2) is 4.98 Å². The molecule has 0 N–H and O–H groups in total. The van der Waals surface area contributed by atoms with E-state index in [4.69, 9.17) is 0 Å². The molecule has 0 bridgehead atoms. The predicted octanol–water partition coefficient (Wildman–Crippen LogP) is 4.68. The average Bonchev–Trinajstić information content (AvgIpc) is 3.16. The molecule has 2 fully saturated rings. The van der Waals surface area contributed by atoms with Gasteiger partial charge >= 0.3 is 0 Å². The number of nitrogens with zero attached hydrogens (tertiary/aromatic N) is 3. The highest BCUT2D eigenvalue weighted by molar-refractivity contribution is 7.17. The molecule has 6 heteroatoms. The van der Waals surface area contributed by atoms with E-state index in [-0.39, 0.29) is 5.91 Å². The molecule has 0 aliphatic carbocycles. The molecule has 1 aromatic heterocycles. The molecule has 2 aliphatic heterocycles. The van der Waals surface area contributed by atoms with Crippen molar-refractivity contribution in [2.45, 2.75) is 52.4 Å². The molecule has 2 amide bonds. The summed E-state index contributed by atoms with van der Waals surface area (Å²) in [5.74, 6) is 0.791. The van der Waals surface area contributed by atoms with Crippen LogP contribution >= 0.6 is 11.3 Å². The summed E-state index contributed by atoms with van der Waals surface area (Å²) in [5, 5.41) is 0.901. The maximum atomic E-state index is 13.1. The van der Waals surface area contributed by atoms with Crippen LogP contribution in [0.25, 0.3) is 10.6 Å². The van der Waals surface area contributed by atoms with Crippen LogP contribution in [0, 0.1) is 19.8 Å². The Balaban J connectivity index is 1.34. The van der Waals surface area contributed by atoms with Crippen molar-refractivity contribution in [2.75, 3.05) is 26.2 Å². The van der Waals surface area contributed by atoms with Crippen LogP contribution in [0.1, 0.15) is 59.5 Å². The molecule has 0 unspecified atom stereocenters. The Kier molecular flexibility index (Phi) is 6.52. The van der Waals surface area contributed by atoms with Gasteiger partial charge in [-0.3, -0.25) is 9.59 Å². The second-order valence-corrected chi connectivity index (χ2v) is 9.68. The number of hydrogen-bond acceptors (Lipinski definition) is 4. The Morgan fingerprint density at radius 3 is 2.30 bits per heavy atom. The molecule has 5 nitrogen and oxygen atoms in total. The van der Waals surface area contributed by atoms with Crippen LogP contribution in [0.4, 0.5) is 0 Å².